The highest BCUT2D eigenvalue weighted by Crippen LogP contribution is 2.36. The quantitative estimate of drug-likeness (QED) is 0.0441. The minimum Gasteiger partial charge on any atom is -0.457 e. The molecule has 0 saturated heterocycles. The number of Topliss-reactive ketones (excluding diaryl/α,β-unsaturated/α-hetero) is 1. The molecule has 0 radical (unpaired) electrons. The van der Waals surface area contributed by atoms with Gasteiger partial charge in [-0.05, 0) is 125 Å². The Kier molecular flexibility index (Phi) is 12.6. The number of aryl methyl sites for hydroxylation is 1. The molecule has 0 atom stereocenters. The number of nitrogens with one attached hydrogen (secondary N) is 3. The predicted molar refractivity (Wildman–Crippen MR) is 222 cm³/mol. The maximum Gasteiger partial charge on any atom is 0.299 e. The first-order valence-corrected chi connectivity index (χ1v) is 20.9. The summed E-state index contributed by atoms with van der Waals surface area (Å²) in [6.07, 6.45) is 11.3. The molecule has 61 heavy (non-hydrogen) atoms. The average Bonchev–Trinajstić information content (AvgIpc) is 3.77. The molecule has 2 fully saturated rings. The number of benzene rings is 2. The van der Waals surface area contributed by atoms with Crippen molar-refractivity contribution in [2.24, 2.45) is 11.8 Å². The van der Waals surface area contributed by atoms with E-state index in [0.29, 0.717) is 29.0 Å². The number of carbonyl (C=O) groups is 4. The molecule has 318 valence electrons. The number of ketones is 1. The summed E-state index contributed by atoms with van der Waals surface area (Å²) in [7, 11) is 2.13. The molecule has 3 N–H and O–H groups in total. The molecule has 14 nitrogen and oxygen atoms in total. The smallest absolute Gasteiger partial charge is 0.299 e. The normalized spacial score (nSPS) is 17.7. The second kappa shape index (κ2) is 18.5. The maximum absolute atomic E-state index is 14.1. The Bertz CT molecular complexity index is 2400. The van der Waals surface area contributed by atoms with E-state index >= 15 is 0 Å². The highest BCUT2D eigenvalue weighted by molar-refractivity contribution is 6.49. The van der Waals surface area contributed by atoms with Gasteiger partial charge in [0.15, 0.2) is 11.4 Å². The number of alkyl halides is 2. The van der Waals surface area contributed by atoms with Gasteiger partial charge in [0.1, 0.15) is 23.6 Å². The lowest BCUT2D eigenvalue weighted by Gasteiger charge is -2.31. The van der Waals surface area contributed by atoms with E-state index in [1.165, 1.54) is 31.4 Å². The lowest BCUT2D eigenvalue weighted by Crippen LogP contribution is -2.42. The van der Waals surface area contributed by atoms with E-state index < -0.39 is 35.6 Å². The van der Waals surface area contributed by atoms with Gasteiger partial charge in [-0.25, -0.2) is 18.7 Å². The summed E-state index contributed by atoms with van der Waals surface area (Å²) < 4.78 is 41.5. The molecule has 2 aliphatic carbocycles. The molecule has 5 aromatic rings. The summed E-state index contributed by atoms with van der Waals surface area (Å²) in [4.78, 5) is 60.7. The molecule has 3 aromatic heterocycles. The van der Waals surface area contributed by atoms with Crippen LogP contribution in [0.3, 0.4) is 0 Å². The van der Waals surface area contributed by atoms with Gasteiger partial charge >= 0.3 is 0 Å². The Morgan fingerprint density at radius 1 is 0.984 bits per heavy atom. The minimum absolute atomic E-state index is 0.0319. The molecule has 4 heterocycles. The zero-order valence-corrected chi connectivity index (χ0v) is 33.9. The number of rotatable bonds is 18. The number of imide groups is 1. The fourth-order valence-electron chi connectivity index (χ4n) is 8.07. The van der Waals surface area contributed by atoms with E-state index in [9.17, 15) is 28.0 Å². The van der Waals surface area contributed by atoms with Gasteiger partial charge in [-0.3, -0.25) is 29.2 Å². The number of amides is 3. The number of nitrogens with zero attached hydrogens (tertiary/aromatic N) is 5. The molecule has 0 bridgehead atoms. The van der Waals surface area contributed by atoms with Crippen LogP contribution in [0.2, 0.25) is 0 Å². The summed E-state index contributed by atoms with van der Waals surface area (Å²) in [5, 5.41) is 12.2. The molecule has 16 heteroatoms. The van der Waals surface area contributed by atoms with Crippen molar-refractivity contribution in [3.8, 4) is 23.0 Å². The first kappa shape index (κ1) is 41.4. The number of hydrogen-bond donors (Lipinski definition) is 3. The molecule has 2 saturated carbocycles. The van der Waals surface area contributed by atoms with Crippen LogP contribution in [0.4, 0.5) is 20.3 Å². The average molecular weight is 835 g/mol. The number of hydrogen-bond acceptors (Lipinski definition) is 11. The van der Waals surface area contributed by atoms with Crippen molar-refractivity contribution in [2.75, 3.05) is 37.3 Å². The lowest BCUT2D eigenvalue weighted by molar-refractivity contribution is -0.116. The number of pyridine rings is 1. The van der Waals surface area contributed by atoms with Crippen LogP contribution < -0.4 is 20.7 Å². The number of anilines is 2. The van der Waals surface area contributed by atoms with Crippen LogP contribution in [-0.4, -0.2) is 74.8 Å². The number of ether oxygens (including phenoxy) is 1. The zero-order valence-electron chi connectivity index (χ0n) is 33.9. The van der Waals surface area contributed by atoms with E-state index in [0.717, 1.165) is 76.6 Å². The van der Waals surface area contributed by atoms with Crippen LogP contribution in [0, 0.1) is 11.8 Å². The van der Waals surface area contributed by atoms with E-state index in [2.05, 4.69) is 43.0 Å². The van der Waals surface area contributed by atoms with E-state index in [-0.39, 0.29) is 40.2 Å². The number of halogens is 2. The number of fused-ring (bicyclic) bond motifs is 1. The van der Waals surface area contributed by atoms with Crippen molar-refractivity contribution < 1.29 is 37.1 Å². The van der Waals surface area contributed by atoms with Gasteiger partial charge in [0.05, 0.1) is 17.3 Å². The van der Waals surface area contributed by atoms with Gasteiger partial charge in [-0.2, -0.15) is 5.10 Å². The second-order valence-electron chi connectivity index (χ2n) is 16.2. The molecule has 3 aliphatic rings. The van der Waals surface area contributed by atoms with Crippen molar-refractivity contribution in [1.82, 2.24) is 30.0 Å². The topological polar surface area (TPSA) is 174 Å². The molecule has 0 unspecified atom stereocenters. The van der Waals surface area contributed by atoms with E-state index in [1.54, 1.807) is 41.2 Å². The minimum atomic E-state index is -2.87. The van der Waals surface area contributed by atoms with E-state index in [4.69, 9.17) is 9.15 Å². The summed E-state index contributed by atoms with van der Waals surface area (Å²) >= 11 is 0. The van der Waals surface area contributed by atoms with Crippen molar-refractivity contribution in [1.29, 1.82) is 0 Å². The van der Waals surface area contributed by atoms with Crippen molar-refractivity contribution in [3.05, 3.63) is 101 Å². The Morgan fingerprint density at radius 2 is 1.79 bits per heavy atom. The monoisotopic (exact) mass is 834 g/mol. The summed E-state index contributed by atoms with van der Waals surface area (Å²) in [5.74, 6) is -0.211. The summed E-state index contributed by atoms with van der Waals surface area (Å²) in [6.45, 7) is 2.75. The molecule has 1 aliphatic heterocycles. The Balaban J connectivity index is 0.763. The van der Waals surface area contributed by atoms with Crippen LogP contribution in [0.15, 0.2) is 77.7 Å². The van der Waals surface area contributed by atoms with Gasteiger partial charge < -0.3 is 24.7 Å². The number of carbonyl (C=O) groups excluding carboxylic acids is 4. The largest absolute Gasteiger partial charge is 0.457 e. The third-order valence-electron chi connectivity index (χ3n) is 11.6. The first-order chi connectivity index (χ1) is 29.6. The molecule has 2 aromatic carbocycles. The summed E-state index contributed by atoms with van der Waals surface area (Å²) in [6, 6.07) is 15.7. The molecular formula is C45H48F2N8O6. The van der Waals surface area contributed by atoms with Crippen LogP contribution in [0.25, 0.3) is 11.5 Å². The Labute approximate surface area is 351 Å². The van der Waals surface area contributed by atoms with Crippen LogP contribution in [0.5, 0.6) is 11.5 Å². The van der Waals surface area contributed by atoms with Crippen LogP contribution in [-0.2, 0) is 11.2 Å². The SMILES string of the molecule is CN(CCCCCc1cccc(Oc2cccc3c2C(=O)NC(=O)C3=O)c1)CC1CCC(n2cc(NC(=O)c3coc(-c4ccnc(NCC5CC5)c4)n3)c(C(F)F)n2)CC1. The number of unbranched alkanes of at least 4 members (excludes halogenated alkanes) is 2. The van der Waals surface area contributed by atoms with Crippen molar-refractivity contribution >= 4 is 35.0 Å². The van der Waals surface area contributed by atoms with Gasteiger partial charge in [-0.15, -0.1) is 0 Å². The van der Waals surface area contributed by atoms with Crippen LogP contribution in [0.1, 0.15) is 113 Å². The third-order valence-corrected chi connectivity index (χ3v) is 11.6. The fraction of sp³-hybridized carbons (Fsp3) is 0.400. The predicted octanol–water partition coefficient (Wildman–Crippen LogP) is 8.27. The summed E-state index contributed by atoms with van der Waals surface area (Å²) in [5.41, 5.74) is 1.27. The molecule has 0 spiro atoms. The lowest BCUT2D eigenvalue weighted by atomic mass is 9.86. The number of aromatic nitrogens is 4. The third kappa shape index (κ3) is 10.2. The van der Waals surface area contributed by atoms with E-state index in [1.807, 2.05) is 18.2 Å². The Morgan fingerprint density at radius 3 is 2.59 bits per heavy atom. The first-order valence-electron chi connectivity index (χ1n) is 20.9. The molecular weight excluding hydrogens is 787 g/mol. The highest BCUT2D eigenvalue weighted by atomic mass is 19.3. The Hall–Kier alpha value is -6.29. The molecule has 3 amide bonds. The van der Waals surface area contributed by atoms with Crippen molar-refractivity contribution in [3.63, 3.8) is 0 Å². The van der Waals surface area contributed by atoms with Gasteiger partial charge in [-0.1, -0.05) is 24.6 Å². The molecule has 8 rings (SSSR count). The van der Waals surface area contributed by atoms with Gasteiger partial charge in [0.25, 0.3) is 29.9 Å². The van der Waals surface area contributed by atoms with Crippen molar-refractivity contribution in [2.45, 2.75) is 76.7 Å². The van der Waals surface area contributed by atoms with Crippen LogP contribution >= 0.6 is 0 Å². The maximum atomic E-state index is 14.1. The standard InChI is InChI=1S/C45H48F2N8O6/c1-54(20-4-2-3-7-27-8-5-9-32(21-27)61-36-11-6-10-33-38(36)43(58)52-44(59)40(33)56)24-29-14-16-31(17-15-29)55-25-34(39(53-55)41(46)47)50-42(57)35-26-60-45(51-35)30-18-19-48-37(22-30)49-23-28-12-13-28/h5-6,8-11,18-19,21-22,25-26,28-29,31,41H,2-4,7,12-17,20,23-24H2,1H3,(H,48,49)(H,50,57)(H,52,58,59). The zero-order chi connectivity index (χ0) is 42.5. The highest BCUT2D eigenvalue weighted by Gasteiger charge is 2.33. The number of oxazole rings is 1. The fourth-order valence-corrected chi connectivity index (χ4v) is 8.07. The second-order valence-corrected chi connectivity index (χ2v) is 16.2. The van der Waals surface area contributed by atoms with Gasteiger partial charge in [0.2, 0.25) is 5.89 Å². The van der Waals surface area contributed by atoms with Gasteiger partial charge in [0, 0.05) is 36.6 Å².